The van der Waals surface area contributed by atoms with Crippen LogP contribution in [0.25, 0.3) is 0 Å². The fourth-order valence-electron chi connectivity index (χ4n) is 0. The number of thiol groups is 2. The van der Waals surface area contributed by atoms with Gasteiger partial charge in [0.2, 0.25) is 0 Å². The van der Waals surface area contributed by atoms with Gasteiger partial charge < -0.3 is 0 Å². The second-order valence-corrected chi connectivity index (χ2v) is 1.37. The fourth-order valence-corrected chi connectivity index (χ4v) is 0. The third-order valence-electron chi connectivity index (χ3n) is 0.135. The van der Waals surface area contributed by atoms with Crippen molar-refractivity contribution in [1.82, 2.24) is 0 Å². The summed E-state index contributed by atoms with van der Waals surface area (Å²) in [6.45, 7) is 0. The Labute approximate surface area is 70.0 Å². The van der Waals surface area contributed by atoms with Crippen molar-refractivity contribution in [3.05, 3.63) is 0 Å². The molecule has 0 aromatic carbocycles. The van der Waals surface area contributed by atoms with Gasteiger partial charge in [0.05, 0.1) is 5.75 Å². The van der Waals surface area contributed by atoms with Crippen LogP contribution >= 0.6 is 25.3 Å². The zero-order valence-electron chi connectivity index (χ0n) is 2.51. The van der Waals surface area contributed by atoms with Gasteiger partial charge in [-0.25, -0.2) is 0 Å². The summed E-state index contributed by atoms with van der Waals surface area (Å²) in [6.07, 6.45) is 0. The predicted octanol–water partition coefficient (Wildman–Crippen LogP) is -0.276. The molecule has 0 N–H and O–H groups in total. The summed E-state index contributed by atoms with van der Waals surface area (Å²) in [5, 5.41) is -0.187. The average molecular weight is 132 g/mol. The monoisotopic (exact) mass is 132 g/mol. The van der Waals surface area contributed by atoms with E-state index in [2.05, 4.69) is 25.3 Å². The van der Waals surface area contributed by atoms with E-state index >= 15 is 0 Å². The molecule has 0 bridgehead atoms. The van der Waals surface area contributed by atoms with Crippen molar-refractivity contribution < 1.29 is 4.79 Å². The van der Waals surface area contributed by atoms with Gasteiger partial charge in [-0.05, 0) is 0 Å². The molecule has 0 rings (SSSR count). The molecule has 0 amide bonds. The Morgan fingerprint density at radius 2 is 1.83 bits per heavy atom. The van der Waals surface area contributed by atoms with Gasteiger partial charge in [-0.2, -0.15) is 12.6 Å². The SMILES string of the molecule is O=C(S)CS.[NaH]. The first-order valence-corrected chi connectivity index (χ1v) is 2.18. The molecular formula is C2H5NaOS2. The van der Waals surface area contributed by atoms with E-state index in [1.807, 2.05) is 0 Å². The van der Waals surface area contributed by atoms with Crippen molar-refractivity contribution in [1.29, 1.82) is 0 Å². The van der Waals surface area contributed by atoms with E-state index in [9.17, 15) is 4.79 Å². The Balaban J connectivity index is 0. The van der Waals surface area contributed by atoms with Crippen molar-refractivity contribution in [3.63, 3.8) is 0 Å². The second kappa shape index (κ2) is 6.37. The van der Waals surface area contributed by atoms with Crippen LogP contribution in [-0.4, -0.2) is 40.4 Å². The van der Waals surface area contributed by atoms with Crippen LogP contribution in [0.15, 0.2) is 0 Å². The Morgan fingerprint density at radius 3 is 1.83 bits per heavy atom. The average Bonchev–Trinajstić information content (AvgIpc) is 1.38. The molecule has 0 aliphatic rings. The van der Waals surface area contributed by atoms with Crippen molar-refractivity contribution in [3.8, 4) is 0 Å². The number of hydrogen-bond donors (Lipinski definition) is 2. The topological polar surface area (TPSA) is 17.1 Å². The Hall–Kier alpha value is 1.37. The molecule has 0 atom stereocenters. The molecule has 0 aliphatic heterocycles. The van der Waals surface area contributed by atoms with E-state index < -0.39 is 0 Å². The maximum absolute atomic E-state index is 9.60. The normalized spacial score (nSPS) is 6.33. The minimum atomic E-state index is -0.187. The van der Waals surface area contributed by atoms with Crippen LogP contribution in [0.3, 0.4) is 0 Å². The first-order chi connectivity index (χ1) is 2.27. The van der Waals surface area contributed by atoms with Crippen LogP contribution < -0.4 is 0 Å². The quantitative estimate of drug-likeness (QED) is 0.371. The molecule has 0 spiro atoms. The molecule has 0 aromatic heterocycles. The number of carbonyl (C=O) groups excluding carboxylic acids is 1. The van der Waals surface area contributed by atoms with Crippen molar-refractivity contribution >= 4 is 59.9 Å². The molecule has 4 heteroatoms. The molecule has 0 heterocycles. The zero-order valence-corrected chi connectivity index (χ0v) is 4.30. The summed E-state index contributed by atoms with van der Waals surface area (Å²) < 4.78 is 0. The van der Waals surface area contributed by atoms with Crippen LogP contribution in [0.5, 0.6) is 0 Å². The molecule has 0 fully saturated rings. The molecule has 0 saturated carbocycles. The summed E-state index contributed by atoms with van der Waals surface area (Å²) in [5.74, 6) is 0.225. The Bertz CT molecular complexity index is 46.8. The van der Waals surface area contributed by atoms with Gasteiger partial charge in [0.1, 0.15) is 0 Å². The number of hydrogen-bond acceptors (Lipinski definition) is 2. The number of rotatable bonds is 1. The van der Waals surface area contributed by atoms with E-state index in [-0.39, 0.29) is 40.4 Å². The molecule has 0 unspecified atom stereocenters. The summed E-state index contributed by atoms with van der Waals surface area (Å²) in [5.41, 5.74) is 0. The van der Waals surface area contributed by atoms with Crippen LogP contribution in [0.4, 0.5) is 0 Å². The van der Waals surface area contributed by atoms with E-state index in [0.29, 0.717) is 0 Å². The Kier molecular flexibility index (Phi) is 11.0. The first-order valence-electron chi connectivity index (χ1n) is 1.10. The first kappa shape index (κ1) is 10.4. The van der Waals surface area contributed by atoms with Crippen LogP contribution in [0.1, 0.15) is 0 Å². The van der Waals surface area contributed by atoms with E-state index in [1.165, 1.54) is 0 Å². The van der Waals surface area contributed by atoms with Gasteiger partial charge in [0.15, 0.2) is 5.12 Å². The van der Waals surface area contributed by atoms with E-state index in [0.717, 1.165) is 0 Å². The molecule has 0 aromatic rings. The van der Waals surface area contributed by atoms with Gasteiger partial charge >= 0.3 is 29.6 Å². The van der Waals surface area contributed by atoms with Crippen LogP contribution in [0.2, 0.25) is 0 Å². The van der Waals surface area contributed by atoms with Crippen molar-refractivity contribution in [2.75, 3.05) is 5.75 Å². The molecule has 0 aliphatic carbocycles. The summed E-state index contributed by atoms with van der Waals surface area (Å²) in [7, 11) is 0. The van der Waals surface area contributed by atoms with E-state index in [1.54, 1.807) is 0 Å². The summed E-state index contributed by atoms with van der Waals surface area (Å²) in [4.78, 5) is 9.60. The van der Waals surface area contributed by atoms with Crippen molar-refractivity contribution in [2.24, 2.45) is 0 Å². The minimum absolute atomic E-state index is 0. The molecule has 0 saturated heterocycles. The van der Waals surface area contributed by atoms with Gasteiger partial charge in [0.25, 0.3) is 0 Å². The predicted molar refractivity (Wildman–Crippen MR) is 35.0 cm³/mol. The molecule has 1 nitrogen and oxygen atoms in total. The molecule has 32 valence electrons. The molecule has 6 heavy (non-hydrogen) atoms. The van der Waals surface area contributed by atoms with Crippen LogP contribution in [-0.2, 0) is 4.79 Å². The molecule has 0 radical (unpaired) electrons. The third-order valence-corrected chi connectivity index (χ3v) is 0.830. The Morgan fingerprint density at radius 1 is 1.67 bits per heavy atom. The summed E-state index contributed by atoms with van der Waals surface area (Å²) in [6, 6.07) is 0. The van der Waals surface area contributed by atoms with Crippen LogP contribution in [0, 0.1) is 0 Å². The third kappa shape index (κ3) is 9.03. The van der Waals surface area contributed by atoms with Crippen molar-refractivity contribution in [2.45, 2.75) is 0 Å². The fraction of sp³-hybridized carbons (Fsp3) is 0.500. The second-order valence-electron chi connectivity index (χ2n) is 0.552. The standard InChI is InChI=1S/C2H4OS2.Na.H/c3-2(5)1-4;;/h4H,1H2,(H,3,5);;. The van der Waals surface area contributed by atoms with E-state index in [4.69, 9.17) is 0 Å². The van der Waals surface area contributed by atoms with Gasteiger partial charge in [-0.3, -0.25) is 4.79 Å². The summed E-state index contributed by atoms with van der Waals surface area (Å²) >= 11 is 6.97. The molecular weight excluding hydrogens is 127 g/mol. The maximum atomic E-state index is 9.60. The van der Waals surface area contributed by atoms with Gasteiger partial charge in [-0.15, -0.1) is 12.6 Å². The van der Waals surface area contributed by atoms with Gasteiger partial charge in [-0.1, -0.05) is 0 Å². The zero-order chi connectivity index (χ0) is 4.28. The number of carbonyl (C=O) groups is 1. The van der Waals surface area contributed by atoms with Gasteiger partial charge in [0, 0.05) is 0 Å².